The molecule has 102 valence electrons. The molecular weight excluding hydrogens is 249 g/mol. The van der Waals surface area contributed by atoms with E-state index in [1.807, 2.05) is 0 Å². The second-order valence-corrected chi connectivity index (χ2v) is 4.83. The van der Waals surface area contributed by atoms with E-state index in [1.165, 1.54) is 0 Å². The smallest absolute Gasteiger partial charge is 0.362 e. The summed E-state index contributed by atoms with van der Waals surface area (Å²) >= 11 is 0. The fourth-order valence-electron chi connectivity index (χ4n) is 2.00. The van der Waals surface area contributed by atoms with E-state index in [9.17, 15) is 23.1 Å². The van der Waals surface area contributed by atoms with Gasteiger partial charge >= 0.3 is 6.18 Å². The monoisotopic (exact) mass is 264 g/mol. The highest BCUT2D eigenvalue weighted by atomic mass is 19.4. The summed E-state index contributed by atoms with van der Waals surface area (Å²) in [6, 6.07) is 0. The number of alkyl halides is 3. The number of hydrogen-bond donors (Lipinski definition) is 1. The van der Waals surface area contributed by atoms with Gasteiger partial charge in [0.2, 0.25) is 5.91 Å². The van der Waals surface area contributed by atoms with Gasteiger partial charge in [-0.25, -0.2) is 0 Å². The first-order valence-electron chi connectivity index (χ1n) is 5.99. The Morgan fingerprint density at radius 1 is 1.56 bits per heavy atom. The average Bonchev–Trinajstić information content (AvgIpc) is 3.02. The molecule has 1 amide bonds. The number of hydrogen-bond acceptors (Lipinski definition) is 3. The van der Waals surface area contributed by atoms with Crippen LogP contribution in [0.25, 0.3) is 0 Å². The quantitative estimate of drug-likeness (QED) is 0.848. The van der Waals surface area contributed by atoms with Crippen LogP contribution in [0.2, 0.25) is 0 Å². The van der Waals surface area contributed by atoms with Crippen molar-refractivity contribution in [3.05, 3.63) is 0 Å². The standard InChI is InChI=1S/C11H15F3N2O2/c1-2-3-8-6-10(18,11(12,13)14)16(15-8)9(17)7-4-5-7/h7,18H,2-6H2,1H3/t10-/m1/s1. The molecule has 1 heterocycles. The molecule has 0 aromatic heterocycles. The molecule has 2 aliphatic rings. The molecule has 4 nitrogen and oxygen atoms in total. The van der Waals surface area contributed by atoms with Gasteiger partial charge in [-0.1, -0.05) is 13.3 Å². The molecule has 7 heteroatoms. The summed E-state index contributed by atoms with van der Waals surface area (Å²) in [6.45, 7) is 1.81. The Kier molecular flexibility index (Phi) is 3.12. The number of hydrazone groups is 1. The van der Waals surface area contributed by atoms with Crippen molar-refractivity contribution in [2.45, 2.75) is 50.9 Å². The summed E-state index contributed by atoms with van der Waals surface area (Å²) in [5.74, 6) is -1.13. The van der Waals surface area contributed by atoms with Gasteiger partial charge in [-0.3, -0.25) is 4.79 Å². The fourth-order valence-corrected chi connectivity index (χ4v) is 2.00. The van der Waals surface area contributed by atoms with Gasteiger partial charge < -0.3 is 5.11 Å². The number of aliphatic hydroxyl groups is 1. The Morgan fingerprint density at radius 3 is 2.61 bits per heavy atom. The maximum absolute atomic E-state index is 12.9. The Labute approximate surface area is 102 Å². The van der Waals surface area contributed by atoms with E-state index in [2.05, 4.69) is 5.10 Å². The maximum Gasteiger partial charge on any atom is 0.438 e. The molecule has 1 saturated carbocycles. The number of carbonyl (C=O) groups excluding carboxylic acids is 1. The molecule has 2 rings (SSSR count). The third kappa shape index (κ3) is 2.11. The fraction of sp³-hybridized carbons (Fsp3) is 0.818. The normalized spacial score (nSPS) is 28.5. The topological polar surface area (TPSA) is 52.9 Å². The number of carbonyl (C=O) groups is 1. The molecule has 1 aliphatic carbocycles. The number of rotatable bonds is 3. The van der Waals surface area contributed by atoms with Crippen LogP contribution in [0.1, 0.15) is 39.0 Å². The molecule has 0 aromatic rings. The third-order valence-electron chi connectivity index (χ3n) is 3.17. The molecule has 0 saturated heterocycles. The average molecular weight is 264 g/mol. The minimum Gasteiger partial charge on any atom is -0.362 e. The van der Waals surface area contributed by atoms with Gasteiger partial charge in [0.05, 0.1) is 0 Å². The molecule has 0 unspecified atom stereocenters. The van der Waals surface area contributed by atoms with Crippen molar-refractivity contribution in [2.75, 3.05) is 0 Å². The van der Waals surface area contributed by atoms with E-state index in [4.69, 9.17) is 0 Å². The van der Waals surface area contributed by atoms with Crippen LogP contribution in [-0.2, 0) is 4.79 Å². The summed E-state index contributed by atoms with van der Waals surface area (Å²) < 4.78 is 38.8. The lowest BCUT2D eigenvalue weighted by molar-refractivity contribution is -0.302. The molecule has 0 aromatic carbocycles. The third-order valence-corrected chi connectivity index (χ3v) is 3.17. The van der Waals surface area contributed by atoms with Crippen molar-refractivity contribution >= 4 is 11.6 Å². The number of halogens is 3. The van der Waals surface area contributed by atoms with Crippen LogP contribution in [0.3, 0.4) is 0 Å². The zero-order valence-corrected chi connectivity index (χ0v) is 10.00. The largest absolute Gasteiger partial charge is 0.438 e. The highest BCUT2D eigenvalue weighted by Gasteiger charge is 2.63. The predicted molar refractivity (Wildman–Crippen MR) is 57.5 cm³/mol. The van der Waals surface area contributed by atoms with Crippen LogP contribution in [0.5, 0.6) is 0 Å². The number of amides is 1. The summed E-state index contributed by atoms with van der Waals surface area (Å²) in [5.41, 5.74) is -2.93. The van der Waals surface area contributed by atoms with Crippen LogP contribution >= 0.6 is 0 Å². The minimum absolute atomic E-state index is 0.228. The summed E-state index contributed by atoms with van der Waals surface area (Å²) in [6.07, 6.45) is -3.41. The van der Waals surface area contributed by atoms with E-state index in [-0.39, 0.29) is 10.7 Å². The molecule has 0 radical (unpaired) electrons. The van der Waals surface area contributed by atoms with Crippen LogP contribution in [0.15, 0.2) is 5.10 Å². The Hall–Kier alpha value is -1.11. The first-order chi connectivity index (χ1) is 8.29. The zero-order valence-electron chi connectivity index (χ0n) is 10.00. The van der Waals surface area contributed by atoms with Crippen molar-refractivity contribution in [1.82, 2.24) is 5.01 Å². The maximum atomic E-state index is 12.9. The molecule has 1 aliphatic heterocycles. The lowest BCUT2D eigenvalue weighted by Gasteiger charge is -2.32. The van der Waals surface area contributed by atoms with Crippen molar-refractivity contribution in [2.24, 2.45) is 11.0 Å². The van der Waals surface area contributed by atoms with Gasteiger partial charge in [-0.05, 0) is 19.3 Å². The molecule has 1 fully saturated rings. The lowest BCUT2D eigenvalue weighted by atomic mass is 10.0. The Bertz CT molecular complexity index is 390. The van der Waals surface area contributed by atoms with Crippen molar-refractivity contribution in [3.63, 3.8) is 0 Å². The minimum atomic E-state index is -4.89. The molecule has 18 heavy (non-hydrogen) atoms. The van der Waals surface area contributed by atoms with Gasteiger partial charge in [0.25, 0.3) is 5.72 Å². The van der Waals surface area contributed by atoms with Crippen LogP contribution in [0, 0.1) is 5.92 Å². The van der Waals surface area contributed by atoms with Crippen LogP contribution in [-0.4, -0.2) is 33.6 Å². The van der Waals surface area contributed by atoms with E-state index in [0.29, 0.717) is 25.7 Å². The Balaban J connectivity index is 2.26. The summed E-state index contributed by atoms with van der Waals surface area (Å²) in [7, 11) is 0. The van der Waals surface area contributed by atoms with Crippen LogP contribution in [0.4, 0.5) is 13.2 Å². The molecule has 1 N–H and O–H groups in total. The first kappa shape index (κ1) is 13.3. The van der Waals surface area contributed by atoms with Crippen molar-refractivity contribution in [1.29, 1.82) is 0 Å². The highest BCUT2D eigenvalue weighted by molar-refractivity contribution is 5.91. The van der Waals surface area contributed by atoms with Gasteiger partial charge in [0.1, 0.15) is 0 Å². The van der Waals surface area contributed by atoms with Gasteiger partial charge in [-0.2, -0.15) is 23.3 Å². The van der Waals surface area contributed by atoms with Gasteiger partial charge in [0.15, 0.2) is 0 Å². The van der Waals surface area contributed by atoms with E-state index < -0.39 is 30.1 Å². The highest BCUT2D eigenvalue weighted by Crippen LogP contribution is 2.43. The van der Waals surface area contributed by atoms with Crippen LogP contribution < -0.4 is 0 Å². The van der Waals surface area contributed by atoms with Gasteiger partial charge in [-0.15, -0.1) is 0 Å². The summed E-state index contributed by atoms with van der Waals surface area (Å²) in [5, 5.41) is 13.7. The van der Waals surface area contributed by atoms with E-state index in [1.54, 1.807) is 6.92 Å². The zero-order chi connectivity index (χ0) is 13.6. The van der Waals surface area contributed by atoms with E-state index >= 15 is 0 Å². The first-order valence-corrected chi connectivity index (χ1v) is 5.99. The number of nitrogens with zero attached hydrogens (tertiary/aromatic N) is 2. The SMILES string of the molecule is CCCC1=NN(C(=O)C2CC2)[C@](O)(C(F)(F)F)C1. The van der Waals surface area contributed by atoms with Crippen molar-refractivity contribution < 1.29 is 23.1 Å². The van der Waals surface area contributed by atoms with E-state index in [0.717, 1.165) is 0 Å². The second kappa shape index (κ2) is 4.22. The molecule has 0 spiro atoms. The predicted octanol–water partition coefficient (Wildman–Crippen LogP) is 2.04. The summed E-state index contributed by atoms with van der Waals surface area (Å²) in [4.78, 5) is 11.8. The van der Waals surface area contributed by atoms with Gasteiger partial charge in [0, 0.05) is 18.1 Å². The second-order valence-electron chi connectivity index (χ2n) is 4.83. The van der Waals surface area contributed by atoms with Crippen molar-refractivity contribution in [3.8, 4) is 0 Å². The lowest BCUT2D eigenvalue weighted by Crippen LogP contribution is -2.57. The molecule has 1 atom stereocenters. The molecule has 0 bridgehead atoms. The Morgan fingerprint density at radius 2 is 2.17 bits per heavy atom. The molecular formula is C11H15F3N2O2.